The number of piperidine rings is 2. The van der Waals surface area contributed by atoms with E-state index in [-0.39, 0.29) is 18.4 Å². The van der Waals surface area contributed by atoms with Crippen LogP contribution in [-0.4, -0.2) is 78.8 Å². The van der Waals surface area contributed by atoms with Crippen LogP contribution in [0.15, 0.2) is 10.5 Å². The van der Waals surface area contributed by atoms with Crippen LogP contribution in [-0.2, 0) is 10.2 Å². The lowest BCUT2D eigenvalue weighted by Crippen LogP contribution is -2.62. The third kappa shape index (κ3) is 3.28. The summed E-state index contributed by atoms with van der Waals surface area (Å²) in [6.07, 6.45) is 0.839. The largest absolute Gasteiger partial charge is 0.466 e. The molecule has 3 rings (SSSR count). The maximum absolute atomic E-state index is 12.8. The summed E-state index contributed by atoms with van der Waals surface area (Å²) in [5.74, 6) is 0.819. The van der Waals surface area contributed by atoms with Gasteiger partial charge in [-0.25, -0.2) is 0 Å². The Hall–Kier alpha value is -1.42. The Bertz CT molecular complexity index is 803. The SMILES string of the molecule is Cc1cc(C(=O)N2CC[C@@]3(O)CCN(S(=O)(=O)N(C)C)C[C@H]3C2)c(C)o1. The summed E-state index contributed by atoms with van der Waals surface area (Å²) in [6.45, 7) is 4.84. The van der Waals surface area contributed by atoms with Gasteiger partial charge in [0.15, 0.2) is 0 Å². The molecule has 0 saturated carbocycles. The van der Waals surface area contributed by atoms with Gasteiger partial charge < -0.3 is 14.4 Å². The average Bonchev–Trinajstić information content (AvgIpc) is 2.91. The van der Waals surface area contributed by atoms with E-state index >= 15 is 0 Å². The second-order valence-electron chi connectivity index (χ2n) is 7.53. The van der Waals surface area contributed by atoms with E-state index < -0.39 is 15.8 Å². The van der Waals surface area contributed by atoms with Crippen LogP contribution >= 0.6 is 0 Å². The van der Waals surface area contributed by atoms with E-state index in [2.05, 4.69) is 0 Å². The molecule has 8 nitrogen and oxygen atoms in total. The fourth-order valence-corrected chi connectivity index (χ4v) is 5.06. The lowest BCUT2D eigenvalue weighted by molar-refractivity contribution is -0.0951. The van der Waals surface area contributed by atoms with Crippen LogP contribution in [0.5, 0.6) is 0 Å². The van der Waals surface area contributed by atoms with Crippen molar-refractivity contribution in [1.82, 2.24) is 13.5 Å². The predicted octanol–water partition coefficient (Wildman–Crippen LogP) is 0.602. The molecule has 0 aromatic carbocycles. The Morgan fingerprint density at radius 1 is 1.27 bits per heavy atom. The first kappa shape index (κ1) is 19.3. The zero-order valence-corrected chi connectivity index (χ0v) is 16.5. The second-order valence-corrected chi connectivity index (χ2v) is 9.67. The van der Waals surface area contributed by atoms with Gasteiger partial charge in [0, 0.05) is 46.2 Å². The van der Waals surface area contributed by atoms with E-state index in [1.807, 2.05) is 0 Å². The number of amides is 1. The zero-order chi connectivity index (χ0) is 19.3. The molecule has 1 amide bonds. The molecule has 2 fully saturated rings. The summed E-state index contributed by atoms with van der Waals surface area (Å²) >= 11 is 0. The molecule has 0 radical (unpaired) electrons. The van der Waals surface area contributed by atoms with Crippen molar-refractivity contribution in [3.05, 3.63) is 23.2 Å². The molecule has 2 aliphatic heterocycles. The molecule has 0 bridgehead atoms. The maximum Gasteiger partial charge on any atom is 0.281 e. The van der Waals surface area contributed by atoms with Crippen LogP contribution in [0.25, 0.3) is 0 Å². The molecule has 0 aliphatic carbocycles. The van der Waals surface area contributed by atoms with Gasteiger partial charge in [-0.2, -0.15) is 17.0 Å². The number of nitrogens with zero attached hydrogens (tertiary/aromatic N) is 3. The van der Waals surface area contributed by atoms with Gasteiger partial charge in [0.05, 0.1) is 11.2 Å². The first-order valence-electron chi connectivity index (χ1n) is 8.81. The molecule has 2 atom stereocenters. The van der Waals surface area contributed by atoms with Crippen molar-refractivity contribution in [2.45, 2.75) is 32.3 Å². The van der Waals surface area contributed by atoms with E-state index in [0.717, 1.165) is 0 Å². The number of likely N-dealkylation sites (tertiary alicyclic amines) is 1. The number of carbonyl (C=O) groups excluding carboxylic acids is 1. The second kappa shape index (κ2) is 6.63. The van der Waals surface area contributed by atoms with Crippen LogP contribution in [0.4, 0.5) is 0 Å². The summed E-state index contributed by atoms with van der Waals surface area (Å²) < 4.78 is 32.9. The monoisotopic (exact) mass is 385 g/mol. The standard InChI is InChI=1S/C17H27N3O5S/c1-12-9-15(13(2)25-12)16(21)19-7-5-17(22)6-8-20(11-14(17)10-19)26(23,24)18(3)4/h9,14,22H,5-8,10-11H2,1-4H3/t14-,17-/m1/s1. The quantitative estimate of drug-likeness (QED) is 0.822. The molecule has 1 aromatic rings. The van der Waals surface area contributed by atoms with Crippen LogP contribution in [0, 0.1) is 19.8 Å². The third-order valence-corrected chi connectivity index (χ3v) is 7.49. The van der Waals surface area contributed by atoms with Crippen molar-refractivity contribution in [1.29, 1.82) is 0 Å². The number of carbonyl (C=O) groups is 1. The van der Waals surface area contributed by atoms with Crippen molar-refractivity contribution in [2.75, 3.05) is 40.3 Å². The summed E-state index contributed by atoms with van der Waals surface area (Å²) in [5, 5.41) is 11.0. The third-order valence-electron chi connectivity index (χ3n) is 5.58. The maximum atomic E-state index is 12.8. The minimum absolute atomic E-state index is 0.131. The van der Waals surface area contributed by atoms with Crippen molar-refractivity contribution < 1.29 is 22.7 Å². The first-order chi connectivity index (χ1) is 12.0. The van der Waals surface area contributed by atoms with Crippen LogP contribution in [0.2, 0.25) is 0 Å². The Morgan fingerprint density at radius 3 is 2.50 bits per heavy atom. The highest BCUT2D eigenvalue weighted by Gasteiger charge is 2.48. The Balaban J connectivity index is 1.78. The molecule has 26 heavy (non-hydrogen) atoms. The van der Waals surface area contributed by atoms with Crippen molar-refractivity contribution >= 4 is 16.1 Å². The van der Waals surface area contributed by atoms with E-state index in [0.29, 0.717) is 49.6 Å². The van der Waals surface area contributed by atoms with Gasteiger partial charge in [0.1, 0.15) is 11.5 Å². The van der Waals surface area contributed by atoms with E-state index in [1.54, 1.807) is 24.8 Å². The highest BCUT2D eigenvalue weighted by atomic mass is 32.2. The van der Waals surface area contributed by atoms with Crippen LogP contribution < -0.4 is 0 Å². The fraction of sp³-hybridized carbons (Fsp3) is 0.706. The summed E-state index contributed by atoms with van der Waals surface area (Å²) in [5.41, 5.74) is -0.391. The molecule has 1 N–H and O–H groups in total. The van der Waals surface area contributed by atoms with Gasteiger partial charge in [-0.15, -0.1) is 0 Å². The van der Waals surface area contributed by atoms with Gasteiger partial charge in [0.25, 0.3) is 16.1 Å². The summed E-state index contributed by atoms with van der Waals surface area (Å²) in [4.78, 5) is 14.5. The van der Waals surface area contributed by atoms with Gasteiger partial charge in [0.2, 0.25) is 0 Å². The van der Waals surface area contributed by atoms with Crippen molar-refractivity contribution in [3.8, 4) is 0 Å². The van der Waals surface area contributed by atoms with Crippen LogP contribution in [0.1, 0.15) is 34.7 Å². The number of fused-ring (bicyclic) bond motifs is 1. The Labute approximate surface area is 154 Å². The van der Waals surface area contributed by atoms with Crippen molar-refractivity contribution in [3.63, 3.8) is 0 Å². The number of aliphatic hydroxyl groups is 1. The molecule has 146 valence electrons. The lowest BCUT2D eigenvalue weighted by Gasteiger charge is -2.49. The van der Waals surface area contributed by atoms with Crippen molar-refractivity contribution in [2.24, 2.45) is 5.92 Å². The molecule has 0 spiro atoms. The summed E-state index contributed by atoms with van der Waals surface area (Å²) in [6, 6.07) is 1.72. The summed E-state index contributed by atoms with van der Waals surface area (Å²) in [7, 11) is -0.540. The van der Waals surface area contributed by atoms with Crippen LogP contribution in [0.3, 0.4) is 0 Å². The average molecular weight is 385 g/mol. The van der Waals surface area contributed by atoms with Gasteiger partial charge in [-0.1, -0.05) is 0 Å². The van der Waals surface area contributed by atoms with Gasteiger partial charge in [-0.05, 0) is 32.8 Å². The number of hydrogen-bond donors (Lipinski definition) is 1. The van der Waals surface area contributed by atoms with E-state index in [4.69, 9.17) is 4.42 Å². The zero-order valence-electron chi connectivity index (χ0n) is 15.7. The Morgan fingerprint density at radius 2 is 1.92 bits per heavy atom. The Kier molecular flexibility index (Phi) is 4.93. The first-order valence-corrected chi connectivity index (χ1v) is 10.2. The number of rotatable bonds is 3. The molecule has 9 heteroatoms. The molecular formula is C17H27N3O5S. The number of aryl methyl sites for hydroxylation is 2. The minimum atomic E-state index is -3.53. The molecule has 1 aromatic heterocycles. The number of furan rings is 1. The minimum Gasteiger partial charge on any atom is -0.466 e. The van der Waals surface area contributed by atoms with Gasteiger partial charge in [-0.3, -0.25) is 4.79 Å². The topological polar surface area (TPSA) is 94.3 Å². The fourth-order valence-electron chi connectivity index (χ4n) is 3.91. The number of hydrogen-bond acceptors (Lipinski definition) is 5. The molecular weight excluding hydrogens is 358 g/mol. The highest BCUT2D eigenvalue weighted by molar-refractivity contribution is 7.86. The lowest BCUT2D eigenvalue weighted by atomic mass is 9.76. The normalized spacial score (nSPS) is 27.6. The molecule has 3 heterocycles. The molecule has 0 unspecified atom stereocenters. The van der Waals surface area contributed by atoms with Gasteiger partial charge >= 0.3 is 0 Å². The molecule has 2 saturated heterocycles. The highest BCUT2D eigenvalue weighted by Crippen LogP contribution is 2.37. The molecule has 2 aliphatic rings. The van der Waals surface area contributed by atoms with E-state index in [9.17, 15) is 18.3 Å². The smallest absolute Gasteiger partial charge is 0.281 e. The van der Waals surface area contributed by atoms with E-state index in [1.165, 1.54) is 22.7 Å². The predicted molar refractivity (Wildman–Crippen MR) is 95.9 cm³/mol.